The van der Waals surface area contributed by atoms with E-state index in [4.69, 9.17) is 4.74 Å². The number of carbonyl (C=O) groups is 1. The normalized spacial score (nSPS) is 28.2. The largest absolute Gasteiger partial charge is 0.375 e. The maximum absolute atomic E-state index is 12.3. The molecule has 0 N–H and O–H groups in total. The van der Waals surface area contributed by atoms with Crippen LogP contribution in [0.15, 0.2) is 10.9 Å². The van der Waals surface area contributed by atoms with Gasteiger partial charge in [0.25, 0.3) is 5.91 Å². The zero-order valence-corrected chi connectivity index (χ0v) is 11.9. The van der Waals surface area contributed by atoms with E-state index in [0.717, 1.165) is 39.2 Å². The second kappa shape index (κ2) is 5.56. The van der Waals surface area contributed by atoms with Crippen molar-refractivity contribution in [3.63, 3.8) is 0 Å². The molecule has 0 bridgehead atoms. The van der Waals surface area contributed by atoms with E-state index in [1.54, 1.807) is 5.51 Å². The first-order valence-corrected chi connectivity index (χ1v) is 7.77. The lowest BCUT2D eigenvalue weighted by Crippen LogP contribution is -2.60. The van der Waals surface area contributed by atoms with Gasteiger partial charge < -0.3 is 9.64 Å². The lowest BCUT2D eigenvalue weighted by Gasteiger charge is -2.46. The molecule has 0 unspecified atom stereocenters. The van der Waals surface area contributed by atoms with Crippen molar-refractivity contribution in [3.8, 4) is 0 Å². The Hall–Kier alpha value is -0.980. The molecule has 6 heteroatoms. The Morgan fingerprint density at radius 3 is 3.21 bits per heavy atom. The fourth-order valence-electron chi connectivity index (χ4n) is 3.00. The molecule has 1 aromatic heterocycles. The number of morpholine rings is 1. The van der Waals surface area contributed by atoms with Gasteiger partial charge in [0.2, 0.25) is 0 Å². The molecule has 104 valence electrons. The molecule has 1 amide bonds. The fraction of sp³-hybridized carbons (Fsp3) is 0.692. The van der Waals surface area contributed by atoms with Gasteiger partial charge in [-0.1, -0.05) is 6.92 Å². The van der Waals surface area contributed by atoms with Crippen molar-refractivity contribution in [2.45, 2.75) is 25.5 Å². The van der Waals surface area contributed by atoms with Crippen LogP contribution in [0, 0.1) is 0 Å². The van der Waals surface area contributed by atoms with Gasteiger partial charge in [0, 0.05) is 25.0 Å². The number of aromatic nitrogens is 1. The molecule has 0 aromatic carbocycles. The highest BCUT2D eigenvalue weighted by Gasteiger charge is 2.38. The van der Waals surface area contributed by atoms with Gasteiger partial charge in [0.1, 0.15) is 5.69 Å². The number of piperidine rings is 1. The van der Waals surface area contributed by atoms with Gasteiger partial charge >= 0.3 is 0 Å². The molecular formula is C13H19N3O2S. The summed E-state index contributed by atoms with van der Waals surface area (Å²) in [6.07, 6.45) is 1.21. The van der Waals surface area contributed by atoms with Gasteiger partial charge in [-0.05, 0) is 13.0 Å². The summed E-state index contributed by atoms with van der Waals surface area (Å²) < 4.78 is 5.84. The summed E-state index contributed by atoms with van der Waals surface area (Å²) in [5.41, 5.74) is 2.28. The standard InChI is InChI=1S/C13H19N3O2S/c1-2-15-5-6-18-12-3-4-16(7-11(12)15)13(17)10-8-19-9-14-10/h8-9,11-12H,2-7H2,1H3/t11-,12+/m1/s1. The molecule has 2 aliphatic heterocycles. The van der Waals surface area contributed by atoms with Crippen LogP contribution in [0.1, 0.15) is 23.8 Å². The molecule has 1 aromatic rings. The van der Waals surface area contributed by atoms with E-state index in [1.807, 2.05) is 10.3 Å². The molecule has 3 rings (SSSR count). The Kier molecular flexibility index (Phi) is 3.81. The lowest BCUT2D eigenvalue weighted by molar-refractivity contribution is -0.0962. The number of nitrogens with zero attached hydrogens (tertiary/aromatic N) is 3. The van der Waals surface area contributed by atoms with Crippen LogP contribution in [-0.2, 0) is 4.74 Å². The first kappa shape index (κ1) is 13.0. The molecule has 5 nitrogen and oxygen atoms in total. The number of hydrogen-bond donors (Lipinski definition) is 0. The number of fused-ring (bicyclic) bond motifs is 1. The van der Waals surface area contributed by atoms with E-state index in [9.17, 15) is 4.79 Å². The van der Waals surface area contributed by atoms with Crippen LogP contribution in [0.5, 0.6) is 0 Å². The maximum atomic E-state index is 12.3. The summed E-state index contributed by atoms with van der Waals surface area (Å²) in [5.74, 6) is 0.0568. The number of likely N-dealkylation sites (tertiary alicyclic amines) is 1. The number of hydrogen-bond acceptors (Lipinski definition) is 5. The van der Waals surface area contributed by atoms with Crippen LogP contribution >= 0.6 is 11.3 Å². The molecule has 0 saturated carbocycles. The highest BCUT2D eigenvalue weighted by molar-refractivity contribution is 7.07. The number of carbonyl (C=O) groups excluding carboxylic acids is 1. The quantitative estimate of drug-likeness (QED) is 0.814. The molecule has 0 spiro atoms. The van der Waals surface area contributed by atoms with Gasteiger partial charge in [0.05, 0.1) is 24.3 Å². The van der Waals surface area contributed by atoms with Crippen LogP contribution in [0.3, 0.4) is 0 Å². The van der Waals surface area contributed by atoms with E-state index in [0.29, 0.717) is 11.7 Å². The van der Waals surface area contributed by atoms with Crippen LogP contribution < -0.4 is 0 Å². The first-order valence-electron chi connectivity index (χ1n) is 6.82. The van der Waals surface area contributed by atoms with Crippen LogP contribution in [0.2, 0.25) is 0 Å². The summed E-state index contributed by atoms with van der Waals surface area (Å²) in [5, 5.41) is 1.82. The van der Waals surface area contributed by atoms with Gasteiger partial charge in [-0.2, -0.15) is 0 Å². The maximum Gasteiger partial charge on any atom is 0.273 e. The van der Waals surface area contributed by atoms with E-state index in [-0.39, 0.29) is 12.0 Å². The van der Waals surface area contributed by atoms with Crippen LogP contribution in [0.4, 0.5) is 0 Å². The molecule has 3 heterocycles. The number of likely N-dealkylation sites (N-methyl/N-ethyl adjacent to an activating group) is 1. The predicted octanol–water partition coefficient (Wildman–Crippen LogP) is 1.08. The number of amides is 1. The molecule has 0 radical (unpaired) electrons. The van der Waals surface area contributed by atoms with Crippen molar-refractivity contribution in [2.24, 2.45) is 0 Å². The Balaban J connectivity index is 1.71. The summed E-state index contributed by atoms with van der Waals surface area (Å²) in [4.78, 5) is 20.8. The SMILES string of the molecule is CCN1CCO[C@H]2CCN(C(=O)c3cscn3)C[C@H]21. The zero-order valence-electron chi connectivity index (χ0n) is 11.1. The van der Waals surface area contributed by atoms with Gasteiger partial charge in [-0.25, -0.2) is 4.98 Å². The third kappa shape index (κ3) is 2.52. The average Bonchev–Trinajstić information content (AvgIpc) is 2.99. The molecule has 2 atom stereocenters. The minimum absolute atomic E-state index is 0.0568. The van der Waals surface area contributed by atoms with Gasteiger partial charge in [-0.3, -0.25) is 9.69 Å². The minimum Gasteiger partial charge on any atom is -0.375 e. The van der Waals surface area contributed by atoms with Crippen molar-refractivity contribution in [1.29, 1.82) is 0 Å². The smallest absolute Gasteiger partial charge is 0.273 e. The monoisotopic (exact) mass is 281 g/mol. The van der Waals surface area contributed by atoms with Gasteiger partial charge in [0.15, 0.2) is 0 Å². The van der Waals surface area contributed by atoms with E-state index in [1.165, 1.54) is 11.3 Å². The Morgan fingerprint density at radius 1 is 1.58 bits per heavy atom. The van der Waals surface area contributed by atoms with Crippen LogP contribution in [-0.4, -0.2) is 65.6 Å². The summed E-state index contributed by atoms with van der Waals surface area (Å²) in [7, 11) is 0. The summed E-state index contributed by atoms with van der Waals surface area (Å²) in [6.45, 7) is 6.50. The Bertz CT molecular complexity index is 431. The lowest BCUT2D eigenvalue weighted by atomic mass is 9.98. The molecule has 0 aliphatic carbocycles. The van der Waals surface area contributed by atoms with Gasteiger partial charge in [-0.15, -0.1) is 11.3 Å². The fourth-order valence-corrected chi connectivity index (χ4v) is 3.53. The van der Waals surface area contributed by atoms with Crippen molar-refractivity contribution in [1.82, 2.24) is 14.8 Å². The van der Waals surface area contributed by atoms with Crippen molar-refractivity contribution in [2.75, 3.05) is 32.8 Å². The second-order valence-electron chi connectivity index (χ2n) is 5.02. The predicted molar refractivity (Wildman–Crippen MR) is 73.4 cm³/mol. The van der Waals surface area contributed by atoms with Crippen molar-refractivity contribution >= 4 is 17.2 Å². The summed E-state index contributed by atoms with van der Waals surface area (Å²) >= 11 is 1.47. The number of ether oxygens (including phenoxy) is 1. The molecule has 2 aliphatic rings. The Labute approximate surface area is 117 Å². The van der Waals surface area contributed by atoms with Crippen LogP contribution in [0.25, 0.3) is 0 Å². The topological polar surface area (TPSA) is 45.7 Å². The Morgan fingerprint density at radius 2 is 2.47 bits per heavy atom. The average molecular weight is 281 g/mol. The van der Waals surface area contributed by atoms with E-state index in [2.05, 4.69) is 16.8 Å². The minimum atomic E-state index is 0.0568. The third-order valence-electron chi connectivity index (χ3n) is 4.04. The second-order valence-corrected chi connectivity index (χ2v) is 5.74. The molecule has 2 fully saturated rings. The zero-order chi connectivity index (χ0) is 13.2. The molecular weight excluding hydrogens is 262 g/mol. The number of rotatable bonds is 2. The van der Waals surface area contributed by atoms with Crippen molar-refractivity contribution < 1.29 is 9.53 Å². The molecule has 19 heavy (non-hydrogen) atoms. The highest BCUT2D eigenvalue weighted by Crippen LogP contribution is 2.23. The highest BCUT2D eigenvalue weighted by atomic mass is 32.1. The van der Waals surface area contributed by atoms with Crippen molar-refractivity contribution in [3.05, 3.63) is 16.6 Å². The summed E-state index contributed by atoms with van der Waals surface area (Å²) in [6, 6.07) is 0.343. The molecule has 2 saturated heterocycles. The number of thiazole rings is 1. The third-order valence-corrected chi connectivity index (χ3v) is 4.63. The van der Waals surface area contributed by atoms with E-state index >= 15 is 0 Å². The van der Waals surface area contributed by atoms with E-state index < -0.39 is 0 Å². The first-order chi connectivity index (χ1) is 9.29.